The first-order valence-electron chi connectivity index (χ1n) is 9.73. The number of benzene rings is 2. The van der Waals surface area contributed by atoms with Crippen LogP contribution in [0.1, 0.15) is 42.7 Å². The number of rotatable bonds is 5. The molecule has 0 radical (unpaired) electrons. The normalized spacial score (nSPS) is 14.7. The van der Waals surface area contributed by atoms with Crippen LogP contribution in [0.4, 0.5) is 36.3 Å². The Kier molecular flexibility index (Phi) is 5.81. The predicted molar refractivity (Wildman–Crippen MR) is 113 cm³/mol. The van der Waals surface area contributed by atoms with Crippen LogP contribution in [-0.2, 0) is 6.18 Å². The van der Waals surface area contributed by atoms with Crippen LogP contribution in [0.25, 0.3) is 0 Å². The number of para-hydroxylation sites is 1. The maximum absolute atomic E-state index is 13.4. The van der Waals surface area contributed by atoms with Gasteiger partial charge in [0.05, 0.1) is 10.7 Å². The Morgan fingerprint density at radius 2 is 1.63 bits per heavy atom. The molecule has 0 spiro atoms. The highest BCUT2D eigenvalue weighted by Gasteiger charge is 2.35. The highest BCUT2D eigenvalue weighted by atomic mass is 35.5. The van der Waals surface area contributed by atoms with Crippen molar-refractivity contribution in [3.05, 3.63) is 70.9 Å². The quantitative estimate of drug-likeness (QED) is 0.444. The molecule has 1 heterocycles. The summed E-state index contributed by atoms with van der Waals surface area (Å²) in [6.45, 7) is 0. The maximum atomic E-state index is 13.4. The van der Waals surface area contributed by atoms with E-state index in [1.807, 2.05) is 24.3 Å². The van der Waals surface area contributed by atoms with Crippen LogP contribution in [0.5, 0.6) is 0 Å². The van der Waals surface area contributed by atoms with Gasteiger partial charge in [-0.2, -0.15) is 18.2 Å². The second-order valence-corrected chi connectivity index (χ2v) is 7.69. The molecule has 0 aliphatic heterocycles. The van der Waals surface area contributed by atoms with Crippen molar-refractivity contribution in [3.8, 4) is 0 Å². The smallest absolute Gasteiger partial charge is 0.338 e. The third-order valence-corrected chi connectivity index (χ3v) is 5.54. The van der Waals surface area contributed by atoms with Gasteiger partial charge >= 0.3 is 6.18 Å². The third kappa shape index (κ3) is 4.67. The van der Waals surface area contributed by atoms with Gasteiger partial charge in [0, 0.05) is 11.9 Å². The van der Waals surface area contributed by atoms with E-state index in [4.69, 9.17) is 11.6 Å². The highest BCUT2D eigenvalue weighted by molar-refractivity contribution is 6.33. The zero-order chi connectivity index (χ0) is 21.1. The van der Waals surface area contributed by atoms with E-state index >= 15 is 0 Å². The molecule has 4 nitrogen and oxygen atoms in total. The molecule has 1 saturated carbocycles. The number of nitrogens with one attached hydrogen (secondary N) is 2. The summed E-state index contributed by atoms with van der Waals surface area (Å²) in [6.07, 6.45) is 1.07. The van der Waals surface area contributed by atoms with Gasteiger partial charge in [-0.1, -0.05) is 48.7 Å². The monoisotopic (exact) mass is 432 g/mol. The molecular weight excluding hydrogens is 413 g/mol. The van der Waals surface area contributed by atoms with Crippen LogP contribution in [0, 0.1) is 0 Å². The molecule has 2 N–H and O–H groups in total. The first kappa shape index (κ1) is 20.5. The Balaban J connectivity index is 1.58. The van der Waals surface area contributed by atoms with Crippen LogP contribution in [-0.4, -0.2) is 9.97 Å². The molecule has 156 valence electrons. The van der Waals surface area contributed by atoms with E-state index in [2.05, 4.69) is 20.6 Å². The lowest BCUT2D eigenvalue weighted by Gasteiger charge is -2.16. The van der Waals surface area contributed by atoms with E-state index in [0.29, 0.717) is 22.3 Å². The lowest BCUT2D eigenvalue weighted by Crippen LogP contribution is -2.12. The zero-order valence-corrected chi connectivity index (χ0v) is 16.8. The molecule has 3 aromatic rings. The molecule has 0 saturated heterocycles. The van der Waals surface area contributed by atoms with Crippen molar-refractivity contribution < 1.29 is 13.2 Å². The third-order valence-electron chi connectivity index (χ3n) is 5.21. The van der Waals surface area contributed by atoms with E-state index in [1.165, 1.54) is 31.2 Å². The minimum absolute atomic E-state index is 0.0613. The van der Waals surface area contributed by atoms with Crippen molar-refractivity contribution in [1.82, 2.24) is 9.97 Å². The van der Waals surface area contributed by atoms with Gasteiger partial charge in [0.1, 0.15) is 11.4 Å². The number of halogens is 4. The van der Waals surface area contributed by atoms with Crippen LogP contribution in [0.2, 0.25) is 5.02 Å². The summed E-state index contributed by atoms with van der Waals surface area (Å²) in [5.41, 5.74) is 1.35. The number of anilines is 4. The number of alkyl halides is 3. The Bertz CT molecular complexity index is 1020. The van der Waals surface area contributed by atoms with E-state index in [-0.39, 0.29) is 11.8 Å². The van der Waals surface area contributed by atoms with Crippen molar-refractivity contribution in [3.63, 3.8) is 0 Å². The summed E-state index contributed by atoms with van der Waals surface area (Å²) in [5.74, 6) is 0.287. The van der Waals surface area contributed by atoms with Crippen molar-refractivity contribution in [2.75, 3.05) is 10.6 Å². The van der Waals surface area contributed by atoms with Crippen molar-refractivity contribution in [2.45, 2.75) is 37.8 Å². The van der Waals surface area contributed by atoms with Gasteiger partial charge in [-0.25, -0.2) is 4.98 Å². The second kappa shape index (κ2) is 8.52. The lowest BCUT2D eigenvalue weighted by molar-refractivity contribution is -0.137. The molecule has 0 amide bonds. The van der Waals surface area contributed by atoms with Gasteiger partial charge in [0.2, 0.25) is 5.95 Å². The SMILES string of the molecule is FC(F)(F)c1cnc(Nc2ccc(C3CCCC3)cc2)nc1Nc1ccccc1Cl. The molecule has 1 aliphatic rings. The molecule has 1 fully saturated rings. The molecule has 4 rings (SSSR count). The molecular formula is C22H20ClF3N4. The molecule has 1 aliphatic carbocycles. The molecule has 0 unspecified atom stereocenters. The summed E-state index contributed by atoms with van der Waals surface area (Å²) >= 11 is 6.08. The standard InChI is InChI=1S/C22H20ClF3N4/c23-18-7-3-4-8-19(18)29-20-17(22(24,25)26)13-27-21(30-20)28-16-11-9-15(10-12-16)14-5-1-2-6-14/h3-4,7-14H,1-2,5-6H2,(H2,27,28,29,30). The van der Waals surface area contributed by atoms with Crippen molar-refractivity contribution >= 4 is 34.7 Å². The fourth-order valence-electron chi connectivity index (χ4n) is 3.66. The molecule has 0 atom stereocenters. The maximum Gasteiger partial charge on any atom is 0.421 e. The number of aromatic nitrogens is 2. The van der Waals surface area contributed by atoms with E-state index < -0.39 is 11.7 Å². The van der Waals surface area contributed by atoms with E-state index in [1.54, 1.807) is 24.3 Å². The predicted octanol–water partition coefficient (Wildman–Crippen LogP) is 7.29. The summed E-state index contributed by atoms with van der Waals surface area (Å²) in [6, 6.07) is 14.4. The zero-order valence-electron chi connectivity index (χ0n) is 16.0. The molecule has 0 bridgehead atoms. The fraction of sp³-hybridized carbons (Fsp3) is 0.273. The van der Waals surface area contributed by atoms with Crippen molar-refractivity contribution in [1.29, 1.82) is 0 Å². The number of hydrogen-bond acceptors (Lipinski definition) is 4. The van der Waals surface area contributed by atoms with Crippen molar-refractivity contribution in [2.24, 2.45) is 0 Å². The summed E-state index contributed by atoms with van der Waals surface area (Å²) in [7, 11) is 0. The second-order valence-electron chi connectivity index (χ2n) is 7.29. The molecule has 1 aromatic heterocycles. The average Bonchev–Trinajstić information content (AvgIpc) is 3.24. The molecule has 2 aromatic carbocycles. The minimum Gasteiger partial charge on any atom is -0.338 e. The Labute approximate surface area is 177 Å². The van der Waals surface area contributed by atoms with Gasteiger partial charge in [0.25, 0.3) is 0 Å². The Morgan fingerprint density at radius 1 is 0.933 bits per heavy atom. The first-order valence-corrected chi connectivity index (χ1v) is 10.1. The van der Waals surface area contributed by atoms with Gasteiger partial charge in [-0.15, -0.1) is 0 Å². The van der Waals surface area contributed by atoms with E-state index in [0.717, 1.165) is 6.20 Å². The van der Waals surface area contributed by atoms with Gasteiger partial charge in [-0.3, -0.25) is 0 Å². The highest BCUT2D eigenvalue weighted by Crippen LogP contribution is 2.37. The van der Waals surface area contributed by atoms with Crippen LogP contribution in [0.3, 0.4) is 0 Å². The first-order chi connectivity index (χ1) is 14.4. The fourth-order valence-corrected chi connectivity index (χ4v) is 3.84. The molecule has 8 heteroatoms. The molecule has 30 heavy (non-hydrogen) atoms. The average molecular weight is 433 g/mol. The number of hydrogen-bond donors (Lipinski definition) is 2. The minimum atomic E-state index is -4.61. The van der Waals surface area contributed by atoms with E-state index in [9.17, 15) is 13.2 Å². The van der Waals surface area contributed by atoms with Crippen LogP contribution < -0.4 is 10.6 Å². The lowest BCUT2D eigenvalue weighted by atomic mass is 9.98. The Hall–Kier alpha value is -2.80. The summed E-state index contributed by atoms with van der Waals surface area (Å²) < 4.78 is 40.3. The van der Waals surface area contributed by atoms with Crippen LogP contribution >= 0.6 is 11.6 Å². The Morgan fingerprint density at radius 3 is 2.30 bits per heavy atom. The summed E-state index contributed by atoms with van der Waals surface area (Å²) in [5, 5.41) is 5.95. The topological polar surface area (TPSA) is 49.8 Å². The van der Waals surface area contributed by atoms with Gasteiger partial charge < -0.3 is 10.6 Å². The summed E-state index contributed by atoms with van der Waals surface area (Å²) in [4.78, 5) is 7.91. The van der Waals surface area contributed by atoms with Gasteiger partial charge in [-0.05, 0) is 48.6 Å². The van der Waals surface area contributed by atoms with Gasteiger partial charge in [0.15, 0.2) is 0 Å². The number of nitrogens with zero attached hydrogens (tertiary/aromatic N) is 2. The largest absolute Gasteiger partial charge is 0.421 e. The van der Waals surface area contributed by atoms with Crippen LogP contribution in [0.15, 0.2) is 54.7 Å².